The van der Waals surface area contributed by atoms with E-state index in [0.29, 0.717) is 11.8 Å². The third kappa shape index (κ3) is 2.15. The molecule has 3 aliphatic rings. The molecule has 2 aromatic heterocycles. The molecule has 23 heavy (non-hydrogen) atoms. The first-order valence-electron chi connectivity index (χ1n) is 8.06. The van der Waals surface area contributed by atoms with E-state index in [1.165, 1.54) is 0 Å². The van der Waals surface area contributed by atoms with Gasteiger partial charge in [0.25, 0.3) is 0 Å². The molecule has 0 spiro atoms. The second kappa shape index (κ2) is 5.05. The molecule has 2 N–H and O–H groups in total. The third-order valence-electron chi connectivity index (χ3n) is 5.72. The number of halogens is 1. The van der Waals surface area contributed by atoms with Crippen molar-refractivity contribution in [3.63, 3.8) is 0 Å². The molecule has 2 saturated heterocycles. The van der Waals surface area contributed by atoms with Crippen LogP contribution < -0.4 is 5.73 Å². The van der Waals surface area contributed by atoms with E-state index in [1.807, 2.05) is 18.3 Å². The lowest BCUT2D eigenvalue weighted by Gasteiger charge is -2.56. The van der Waals surface area contributed by atoms with Gasteiger partial charge < -0.3 is 10.1 Å². The van der Waals surface area contributed by atoms with Crippen LogP contribution in [0.5, 0.6) is 0 Å². The van der Waals surface area contributed by atoms with Crippen LogP contribution in [0.1, 0.15) is 26.1 Å². The second-order valence-corrected chi connectivity index (χ2v) is 8.20. The van der Waals surface area contributed by atoms with Gasteiger partial charge in [-0.15, -0.1) is 0 Å². The molecule has 2 unspecified atom stereocenters. The second-order valence-electron chi connectivity index (χ2n) is 7.34. The van der Waals surface area contributed by atoms with Gasteiger partial charge in [-0.1, -0.05) is 0 Å². The number of amides is 1. The summed E-state index contributed by atoms with van der Waals surface area (Å²) in [6, 6.07) is 4.05. The van der Waals surface area contributed by atoms with Gasteiger partial charge in [-0.25, -0.2) is 4.98 Å². The predicted molar refractivity (Wildman–Crippen MR) is 91.8 cm³/mol. The molecule has 5 nitrogen and oxygen atoms in total. The number of pyridine rings is 1. The fourth-order valence-corrected chi connectivity index (χ4v) is 4.84. The number of primary amides is 1. The molecule has 0 radical (unpaired) electrons. The normalized spacial score (nSPS) is 27.9. The van der Waals surface area contributed by atoms with Crippen LogP contribution in [0, 0.1) is 17.8 Å². The minimum absolute atomic E-state index is 0.0770. The Morgan fingerprint density at radius 2 is 2.09 bits per heavy atom. The molecule has 5 rings (SSSR count). The summed E-state index contributed by atoms with van der Waals surface area (Å²) < 4.78 is 3.19. The standard InChI is InChI=1S/C17H21BrN4O/c1-17(2,16-20-7-13-12(18)4-3-5-22(13)16)21-8-10-6-11(9-21)14(10)15(19)23/h3-5,7,10-11,14H,6,8-9H2,1-2H3,(H2,19,23). The summed E-state index contributed by atoms with van der Waals surface area (Å²) in [6.07, 6.45) is 5.10. The molecule has 1 saturated carbocycles. The van der Waals surface area contributed by atoms with Crippen molar-refractivity contribution in [1.82, 2.24) is 14.3 Å². The summed E-state index contributed by atoms with van der Waals surface area (Å²) in [4.78, 5) is 18.7. The first kappa shape index (κ1) is 15.1. The molecule has 4 heterocycles. The zero-order valence-electron chi connectivity index (χ0n) is 13.4. The molecule has 2 aliphatic heterocycles. The Kier molecular flexibility index (Phi) is 3.32. The lowest BCUT2D eigenvalue weighted by molar-refractivity contribution is -0.143. The van der Waals surface area contributed by atoms with E-state index in [-0.39, 0.29) is 17.4 Å². The maximum absolute atomic E-state index is 11.6. The number of carbonyl (C=O) groups is 1. The van der Waals surface area contributed by atoms with Crippen molar-refractivity contribution >= 4 is 27.4 Å². The van der Waals surface area contributed by atoms with Crippen LogP contribution in [0.4, 0.5) is 0 Å². The van der Waals surface area contributed by atoms with Gasteiger partial charge >= 0.3 is 0 Å². The van der Waals surface area contributed by atoms with E-state index < -0.39 is 0 Å². The topological polar surface area (TPSA) is 63.6 Å². The van der Waals surface area contributed by atoms with Gasteiger partial charge in [0.2, 0.25) is 5.91 Å². The van der Waals surface area contributed by atoms with Crippen LogP contribution in [-0.4, -0.2) is 33.3 Å². The van der Waals surface area contributed by atoms with Crippen LogP contribution in [0.25, 0.3) is 5.52 Å². The average molecular weight is 377 g/mol. The minimum Gasteiger partial charge on any atom is -0.369 e. The lowest BCUT2D eigenvalue weighted by atomic mass is 9.60. The zero-order chi connectivity index (χ0) is 16.4. The van der Waals surface area contributed by atoms with Crippen molar-refractivity contribution in [2.45, 2.75) is 25.8 Å². The van der Waals surface area contributed by atoms with Gasteiger partial charge in [0, 0.05) is 29.7 Å². The van der Waals surface area contributed by atoms with Crippen LogP contribution in [-0.2, 0) is 10.3 Å². The molecule has 2 atom stereocenters. The minimum atomic E-state index is -0.188. The fourth-order valence-electron chi connectivity index (χ4n) is 4.39. The Bertz CT molecular complexity index is 772. The first-order chi connectivity index (χ1) is 10.9. The molecule has 6 heteroatoms. The Morgan fingerprint density at radius 1 is 1.39 bits per heavy atom. The lowest BCUT2D eigenvalue weighted by Crippen LogP contribution is -2.62. The van der Waals surface area contributed by atoms with Gasteiger partial charge in [-0.3, -0.25) is 9.69 Å². The highest BCUT2D eigenvalue weighted by molar-refractivity contribution is 9.10. The molecular weight excluding hydrogens is 356 g/mol. The number of hydrogen-bond donors (Lipinski definition) is 1. The largest absolute Gasteiger partial charge is 0.369 e. The zero-order valence-corrected chi connectivity index (χ0v) is 15.0. The van der Waals surface area contributed by atoms with Crippen LogP contribution >= 0.6 is 15.9 Å². The SMILES string of the molecule is CC(C)(c1ncc2c(Br)cccn12)N1CC2CC(C1)C2C(N)=O. The van der Waals surface area contributed by atoms with Crippen molar-refractivity contribution in [3.05, 3.63) is 34.8 Å². The van der Waals surface area contributed by atoms with Gasteiger partial charge in [0.05, 0.1) is 17.3 Å². The van der Waals surface area contributed by atoms with Crippen LogP contribution in [0.15, 0.2) is 29.0 Å². The third-order valence-corrected chi connectivity index (χ3v) is 6.39. The monoisotopic (exact) mass is 376 g/mol. The van der Waals surface area contributed by atoms with Gasteiger partial charge in [0.15, 0.2) is 0 Å². The van der Waals surface area contributed by atoms with Crippen molar-refractivity contribution in [1.29, 1.82) is 0 Å². The van der Waals surface area contributed by atoms with E-state index in [2.05, 4.69) is 45.3 Å². The van der Waals surface area contributed by atoms with Gasteiger partial charge in [-0.05, 0) is 60.2 Å². The molecule has 1 aliphatic carbocycles. The van der Waals surface area contributed by atoms with E-state index in [1.54, 1.807) is 0 Å². The number of fused-ring (bicyclic) bond motifs is 3. The van der Waals surface area contributed by atoms with Crippen molar-refractivity contribution in [3.8, 4) is 0 Å². The van der Waals surface area contributed by atoms with Crippen molar-refractivity contribution < 1.29 is 4.79 Å². The number of nitrogens with two attached hydrogens (primary N) is 1. The number of imidazole rings is 1. The average Bonchev–Trinajstić information content (AvgIpc) is 2.92. The highest BCUT2D eigenvalue weighted by atomic mass is 79.9. The van der Waals surface area contributed by atoms with E-state index >= 15 is 0 Å². The maximum Gasteiger partial charge on any atom is 0.221 e. The molecule has 2 aromatic rings. The first-order valence-corrected chi connectivity index (χ1v) is 8.85. The highest BCUT2D eigenvalue weighted by Crippen LogP contribution is 2.48. The number of piperidine rings is 2. The van der Waals surface area contributed by atoms with Crippen LogP contribution in [0.3, 0.4) is 0 Å². The summed E-state index contributed by atoms with van der Waals surface area (Å²) in [5, 5.41) is 0. The molecule has 3 fully saturated rings. The smallest absolute Gasteiger partial charge is 0.221 e. The predicted octanol–water partition coefficient (Wildman–Crippen LogP) is 2.39. The van der Waals surface area contributed by atoms with Crippen LogP contribution in [0.2, 0.25) is 0 Å². The Balaban J connectivity index is 1.66. The number of aromatic nitrogens is 2. The molecule has 1 amide bonds. The molecule has 122 valence electrons. The maximum atomic E-state index is 11.6. The summed E-state index contributed by atoms with van der Waals surface area (Å²) in [5.74, 6) is 1.80. The number of nitrogens with zero attached hydrogens (tertiary/aromatic N) is 3. The quantitative estimate of drug-likeness (QED) is 0.894. The molecule has 2 bridgehead atoms. The van der Waals surface area contributed by atoms with E-state index in [0.717, 1.165) is 35.3 Å². The molecular formula is C17H21BrN4O. The highest BCUT2D eigenvalue weighted by Gasteiger charge is 2.52. The summed E-state index contributed by atoms with van der Waals surface area (Å²) >= 11 is 3.59. The summed E-state index contributed by atoms with van der Waals surface area (Å²) in [5.41, 5.74) is 6.44. The van der Waals surface area contributed by atoms with Gasteiger partial charge in [0.1, 0.15) is 5.82 Å². The number of carbonyl (C=O) groups excluding carboxylic acids is 1. The summed E-state index contributed by atoms with van der Waals surface area (Å²) in [6.45, 7) is 6.26. The molecule has 0 aromatic carbocycles. The summed E-state index contributed by atoms with van der Waals surface area (Å²) in [7, 11) is 0. The number of hydrogen-bond acceptors (Lipinski definition) is 3. The van der Waals surface area contributed by atoms with Crippen molar-refractivity contribution in [2.75, 3.05) is 13.1 Å². The van der Waals surface area contributed by atoms with E-state index in [9.17, 15) is 4.79 Å². The van der Waals surface area contributed by atoms with Crippen molar-refractivity contribution in [2.24, 2.45) is 23.5 Å². The van der Waals surface area contributed by atoms with E-state index in [4.69, 9.17) is 10.7 Å². The number of rotatable bonds is 3. The fraction of sp³-hybridized carbons (Fsp3) is 0.529. The van der Waals surface area contributed by atoms with Gasteiger partial charge in [-0.2, -0.15) is 0 Å². The Hall–Kier alpha value is -1.40. The Labute approximate surface area is 144 Å². The Morgan fingerprint density at radius 3 is 2.74 bits per heavy atom.